The number of hydrogen-bond donors (Lipinski definition) is 1. The van der Waals surface area contributed by atoms with E-state index >= 15 is 0 Å². The summed E-state index contributed by atoms with van der Waals surface area (Å²) in [7, 11) is 0. The summed E-state index contributed by atoms with van der Waals surface area (Å²) in [6.07, 6.45) is -0.0468. The van der Waals surface area contributed by atoms with Crippen LogP contribution in [-0.4, -0.2) is 83.0 Å². The molecular weight excluding hydrogens is 407 g/mol. The molecule has 3 fully saturated rings. The maximum Gasteiger partial charge on any atom is 0.490 e. The fraction of sp³-hybridized carbons (Fsp3) is 0.737. The molecule has 0 aliphatic carbocycles. The number of hydrogen-bond acceptors (Lipinski definition) is 6. The van der Waals surface area contributed by atoms with Gasteiger partial charge in [0, 0.05) is 31.7 Å². The number of aromatic nitrogens is 1. The summed E-state index contributed by atoms with van der Waals surface area (Å²) in [4.78, 5) is 26.2. The van der Waals surface area contributed by atoms with Crippen molar-refractivity contribution in [2.24, 2.45) is 5.92 Å². The van der Waals surface area contributed by atoms with Crippen LogP contribution in [0.2, 0.25) is 0 Å². The molecule has 1 N–H and O–H groups in total. The molecule has 3 atom stereocenters. The van der Waals surface area contributed by atoms with Gasteiger partial charge in [-0.25, -0.2) is 4.79 Å². The minimum atomic E-state index is -5.08. The second kappa shape index (κ2) is 9.34. The largest absolute Gasteiger partial charge is 0.490 e. The fourth-order valence-electron chi connectivity index (χ4n) is 4.36. The number of carbonyl (C=O) groups is 2. The molecule has 168 valence electrons. The number of aliphatic carboxylic acids is 1. The highest BCUT2D eigenvalue weighted by Crippen LogP contribution is 2.33. The zero-order valence-corrected chi connectivity index (χ0v) is 16.7. The van der Waals surface area contributed by atoms with Gasteiger partial charge in [-0.3, -0.25) is 9.69 Å². The van der Waals surface area contributed by atoms with Crippen LogP contribution in [0.1, 0.15) is 41.9 Å². The van der Waals surface area contributed by atoms with Crippen LogP contribution < -0.4 is 0 Å². The van der Waals surface area contributed by atoms with E-state index in [9.17, 15) is 18.0 Å². The standard InChI is InChI=1S/C17H25N3O3.C2HF3O2/c1-12-9-14(18-23-12)17(21)20-10-13-5-4-8-22-16(13)15(11-20)19-6-2-3-7-19;3-2(4,5)1(6)7/h9,13,15-16H,2-8,10-11H2,1H3;(H,6,7)/t13-,15+,16-;/m0./s1. The number of carbonyl (C=O) groups excluding carboxylic acids is 1. The SMILES string of the molecule is Cc1cc(C(=O)N2C[C@@H]3CCCO[C@@H]3[C@H](N3CCCC3)C2)no1.O=C(O)C(F)(F)F. The zero-order chi connectivity index (χ0) is 21.9. The van der Waals surface area contributed by atoms with Gasteiger partial charge >= 0.3 is 12.1 Å². The van der Waals surface area contributed by atoms with Crippen molar-refractivity contribution in [2.45, 2.75) is 50.9 Å². The Bertz CT molecular complexity index is 748. The van der Waals surface area contributed by atoms with E-state index in [2.05, 4.69) is 10.1 Å². The molecule has 0 spiro atoms. The average molecular weight is 433 g/mol. The van der Waals surface area contributed by atoms with E-state index < -0.39 is 12.1 Å². The number of piperidine rings is 1. The molecule has 4 rings (SSSR count). The van der Waals surface area contributed by atoms with E-state index in [0.29, 0.717) is 23.4 Å². The van der Waals surface area contributed by atoms with Gasteiger partial charge in [0.25, 0.3) is 5.91 Å². The van der Waals surface area contributed by atoms with Crippen LogP contribution in [0.15, 0.2) is 10.6 Å². The third kappa shape index (κ3) is 5.31. The normalized spacial score (nSPS) is 27.2. The third-order valence-corrected chi connectivity index (χ3v) is 5.72. The van der Waals surface area contributed by atoms with Crippen LogP contribution >= 0.6 is 0 Å². The molecule has 1 amide bonds. The molecule has 1 aromatic rings. The number of alkyl halides is 3. The van der Waals surface area contributed by atoms with Crippen LogP contribution in [-0.2, 0) is 9.53 Å². The quantitative estimate of drug-likeness (QED) is 0.765. The fourth-order valence-corrected chi connectivity index (χ4v) is 4.36. The highest BCUT2D eigenvalue weighted by atomic mass is 19.4. The summed E-state index contributed by atoms with van der Waals surface area (Å²) < 4.78 is 42.9. The van der Waals surface area contributed by atoms with E-state index in [4.69, 9.17) is 19.2 Å². The predicted octanol–water partition coefficient (Wildman–Crippen LogP) is 2.33. The smallest absolute Gasteiger partial charge is 0.475 e. The molecule has 3 saturated heterocycles. The van der Waals surface area contributed by atoms with Crippen LogP contribution in [0.4, 0.5) is 13.2 Å². The molecule has 3 aliphatic heterocycles. The van der Waals surface area contributed by atoms with Crippen molar-refractivity contribution in [1.82, 2.24) is 15.0 Å². The first-order valence-corrected chi connectivity index (χ1v) is 10.0. The number of amides is 1. The molecule has 4 heterocycles. The molecule has 0 saturated carbocycles. The summed E-state index contributed by atoms with van der Waals surface area (Å²) in [6, 6.07) is 2.06. The van der Waals surface area contributed by atoms with Crippen molar-refractivity contribution in [1.29, 1.82) is 0 Å². The lowest BCUT2D eigenvalue weighted by Gasteiger charge is -2.48. The van der Waals surface area contributed by atoms with E-state index in [0.717, 1.165) is 45.6 Å². The Morgan fingerprint density at radius 3 is 2.43 bits per heavy atom. The van der Waals surface area contributed by atoms with Crippen molar-refractivity contribution < 1.29 is 37.1 Å². The van der Waals surface area contributed by atoms with Crippen LogP contribution in [0, 0.1) is 12.8 Å². The summed E-state index contributed by atoms with van der Waals surface area (Å²) in [6.45, 7) is 6.45. The Balaban J connectivity index is 0.000000318. The first-order chi connectivity index (χ1) is 14.2. The Labute approximate surface area is 171 Å². The van der Waals surface area contributed by atoms with Crippen molar-refractivity contribution in [3.05, 3.63) is 17.5 Å². The lowest BCUT2D eigenvalue weighted by atomic mass is 9.84. The van der Waals surface area contributed by atoms with Crippen molar-refractivity contribution >= 4 is 11.9 Å². The van der Waals surface area contributed by atoms with Gasteiger partial charge in [-0.15, -0.1) is 0 Å². The van der Waals surface area contributed by atoms with E-state index in [-0.39, 0.29) is 12.0 Å². The Morgan fingerprint density at radius 2 is 1.87 bits per heavy atom. The maximum atomic E-state index is 12.8. The Morgan fingerprint density at radius 1 is 1.20 bits per heavy atom. The number of carboxylic acid groups (broad SMARTS) is 1. The number of ether oxygens (including phenoxy) is 1. The summed E-state index contributed by atoms with van der Waals surface area (Å²) in [5.41, 5.74) is 0.429. The highest BCUT2D eigenvalue weighted by molar-refractivity contribution is 5.92. The number of rotatable bonds is 2. The number of likely N-dealkylation sites (tertiary alicyclic amines) is 2. The van der Waals surface area contributed by atoms with Crippen LogP contribution in [0.5, 0.6) is 0 Å². The molecule has 0 radical (unpaired) electrons. The van der Waals surface area contributed by atoms with Gasteiger partial charge < -0.3 is 19.3 Å². The summed E-state index contributed by atoms with van der Waals surface area (Å²) >= 11 is 0. The van der Waals surface area contributed by atoms with Gasteiger partial charge in [-0.05, 0) is 45.7 Å². The minimum absolute atomic E-state index is 0.00456. The molecule has 1 aromatic heterocycles. The second-order valence-electron chi connectivity index (χ2n) is 7.88. The topological polar surface area (TPSA) is 96.1 Å². The lowest BCUT2D eigenvalue weighted by Crippen LogP contribution is -2.61. The first-order valence-electron chi connectivity index (χ1n) is 10.0. The minimum Gasteiger partial charge on any atom is -0.475 e. The van der Waals surface area contributed by atoms with Crippen molar-refractivity contribution in [2.75, 3.05) is 32.8 Å². The summed E-state index contributed by atoms with van der Waals surface area (Å²) in [5.74, 6) is -1.64. The van der Waals surface area contributed by atoms with Gasteiger partial charge in [-0.1, -0.05) is 5.16 Å². The lowest BCUT2D eigenvalue weighted by molar-refractivity contribution is -0.192. The number of nitrogens with zero attached hydrogens (tertiary/aromatic N) is 3. The molecular formula is C19H26F3N3O5. The first kappa shape index (κ1) is 22.5. The maximum absolute atomic E-state index is 12.8. The van der Waals surface area contributed by atoms with E-state index in [1.807, 2.05) is 11.8 Å². The Hall–Kier alpha value is -2.14. The molecule has 0 bridgehead atoms. The molecule has 0 unspecified atom stereocenters. The van der Waals surface area contributed by atoms with Crippen LogP contribution in [0.3, 0.4) is 0 Å². The Kier molecular flexibility index (Phi) is 7.02. The van der Waals surface area contributed by atoms with Crippen molar-refractivity contribution in [3.63, 3.8) is 0 Å². The van der Waals surface area contributed by atoms with Gasteiger partial charge in [0.2, 0.25) is 0 Å². The molecule has 8 nitrogen and oxygen atoms in total. The predicted molar refractivity (Wildman–Crippen MR) is 97.9 cm³/mol. The number of aryl methyl sites for hydroxylation is 1. The second-order valence-corrected chi connectivity index (χ2v) is 7.88. The number of fused-ring (bicyclic) bond motifs is 1. The molecule has 11 heteroatoms. The van der Waals surface area contributed by atoms with Gasteiger partial charge in [0.15, 0.2) is 5.69 Å². The summed E-state index contributed by atoms with van der Waals surface area (Å²) in [5, 5.41) is 11.0. The number of carboxylic acids is 1. The van der Waals surface area contributed by atoms with Gasteiger partial charge in [0.05, 0.1) is 12.1 Å². The zero-order valence-electron chi connectivity index (χ0n) is 16.7. The monoisotopic (exact) mass is 433 g/mol. The van der Waals surface area contributed by atoms with Gasteiger partial charge in [0.1, 0.15) is 5.76 Å². The van der Waals surface area contributed by atoms with E-state index in [1.54, 1.807) is 6.07 Å². The molecule has 30 heavy (non-hydrogen) atoms. The number of halogens is 3. The van der Waals surface area contributed by atoms with Crippen molar-refractivity contribution in [3.8, 4) is 0 Å². The van der Waals surface area contributed by atoms with Crippen LogP contribution in [0.25, 0.3) is 0 Å². The average Bonchev–Trinajstić information content (AvgIpc) is 3.38. The van der Waals surface area contributed by atoms with Gasteiger partial charge in [-0.2, -0.15) is 13.2 Å². The molecule has 0 aromatic carbocycles. The highest BCUT2D eigenvalue weighted by Gasteiger charge is 2.44. The van der Waals surface area contributed by atoms with E-state index in [1.165, 1.54) is 12.8 Å². The third-order valence-electron chi connectivity index (χ3n) is 5.72. The molecule has 3 aliphatic rings.